The molecule has 1 saturated heterocycles. The highest BCUT2D eigenvalue weighted by Gasteiger charge is 2.21. The van der Waals surface area contributed by atoms with Crippen LogP contribution in [0.4, 0.5) is 0 Å². The number of alkyl halides is 1. The van der Waals surface area contributed by atoms with E-state index in [1.165, 1.54) is 36.0 Å². The first-order valence-corrected chi connectivity index (χ1v) is 7.72. The van der Waals surface area contributed by atoms with E-state index in [9.17, 15) is 0 Å². The van der Waals surface area contributed by atoms with Crippen molar-refractivity contribution in [2.24, 2.45) is 5.92 Å². The summed E-state index contributed by atoms with van der Waals surface area (Å²) in [6.45, 7) is 3.61. The predicted octanol–water partition coefficient (Wildman–Crippen LogP) is 4.06. The van der Waals surface area contributed by atoms with Crippen molar-refractivity contribution in [1.82, 2.24) is 4.90 Å². The number of rotatable bonds is 4. The molecule has 3 heteroatoms. The zero-order valence-electron chi connectivity index (χ0n) is 9.33. The maximum absolute atomic E-state index is 3.53. The van der Waals surface area contributed by atoms with Crippen LogP contribution in [0.5, 0.6) is 0 Å². The fraction of sp³-hybridized carbons (Fsp3) is 0.538. The van der Waals surface area contributed by atoms with Gasteiger partial charge in [-0.05, 0) is 43.0 Å². The van der Waals surface area contributed by atoms with Gasteiger partial charge < -0.3 is 0 Å². The number of likely N-dealkylation sites (tertiary alicyclic amines) is 1. The fourth-order valence-corrected chi connectivity index (χ4v) is 3.43. The molecule has 1 aliphatic rings. The third-order valence-corrected chi connectivity index (χ3v) is 4.13. The zero-order chi connectivity index (χ0) is 11.4. The van der Waals surface area contributed by atoms with Gasteiger partial charge in [-0.1, -0.05) is 44.0 Å². The van der Waals surface area contributed by atoms with Gasteiger partial charge in [-0.15, -0.1) is 0 Å². The molecule has 1 aromatic rings. The largest absolute Gasteiger partial charge is 0.299 e. The van der Waals surface area contributed by atoms with Crippen LogP contribution in [-0.4, -0.2) is 23.3 Å². The van der Waals surface area contributed by atoms with Gasteiger partial charge in [0.1, 0.15) is 0 Å². The van der Waals surface area contributed by atoms with Crippen molar-refractivity contribution in [3.8, 4) is 0 Å². The summed E-state index contributed by atoms with van der Waals surface area (Å²) in [7, 11) is 0. The molecule has 1 atom stereocenters. The van der Waals surface area contributed by atoms with Crippen LogP contribution in [-0.2, 0) is 6.54 Å². The SMILES string of the molecule is BrCCC1CCN(Cc2cccc(Br)c2)C1. The van der Waals surface area contributed by atoms with Crippen molar-refractivity contribution in [2.75, 3.05) is 18.4 Å². The van der Waals surface area contributed by atoms with E-state index >= 15 is 0 Å². The lowest BCUT2D eigenvalue weighted by Gasteiger charge is -2.16. The summed E-state index contributed by atoms with van der Waals surface area (Å²) < 4.78 is 1.18. The molecule has 0 spiro atoms. The molecule has 2 rings (SSSR count). The third-order valence-electron chi connectivity index (χ3n) is 3.18. The number of halogens is 2. The van der Waals surface area contributed by atoms with Crippen LogP contribution in [0.25, 0.3) is 0 Å². The monoisotopic (exact) mass is 345 g/mol. The summed E-state index contributed by atoms with van der Waals surface area (Å²) in [6.07, 6.45) is 2.68. The normalized spacial score (nSPS) is 21.5. The maximum atomic E-state index is 3.53. The van der Waals surface area contributed by atoms with E-state index < -0.39 is 0 Å². The number of benzene rings is 1. The van der Waals surface area contributed by atoms with Gasteiger partial charge in [0, 0.05) is 22.9 Å². The zero-order valence-corrected chi connectivity index (χ0v) is 12.5. The molecule has 16 heavy (non-hydrogen) atoms. The Balaban J connectivity index is 1.87. The van der Waals surface area contributed by atoms with Gasteiger partial charge in [0.2, 0.25) is 0 Å². The Bertz CT molecular complexity index is 340. The minimum atomic E-state index is 0.895. The summed E-state index contributed by atoms with van der Waals surface area (Å²) >= 11 is 7.05. The molecule has 1 nitrogen and oxygen atoms in total. The van der Waals surface area contributed by atoms with Crippen LogP contribution in [0.1, 0.15) is 18.4 Å². The van der Waals surface area contributed by atoms with E-state index in [4.69, 9.17) is 0 Å². The average molecular weight is 347 g/mol. The summed E-state index contributed by atoms with van der Waals surface area (Å²) in [5, 5.41) is 1.14. The molecule has 0 saturated carbocycles. The molecular formula is C13H17Br2N. The smallest absolute Gasteiger partial charge is 0.0234 e. The first-order valence-electron chi connectivity index (χ1n) is 5.80. The summed E-state index contributed by atoms with van der Waals surface area (Å²) in [4.78, 5) is 2.56. The lowest BCUT2D eigenvalue weighted by atomic mass is 10.1. The molecule has 0 bridgehead atoms. The van der Waals surface area contributed by atoms with Crippen molar-refractivity contribution in [3.63, 3.8) is 0 Å². The van der Waals surface area contributed by atoms with Gasteiger partial charge in [-0.3, -0.25) is 4.90 Å². The van der Waals surface area contributed by atoms with Crippen LogP contribution >= 0.6 is 31.9 Å². The van der Waals surface area contributed by atoms with Gasteiger partial charge in [-0.25, -0.2) is 0 Å². The molecule has 1 aromatic carbocycles. The van der Waals surface area contributed by atoms with Crippen LogP contribution in [0.3, 0.4) is 0 Å². The molecule has 1 aliphatic heterocycles. The van der Waals surface area contributed by atoms with Crippen molar-refractivity contribution >= 4 is 31.9 Å². The lowest BCUT2D eigenvalue weighted by Crippen LogP contribution is -2.20. The minimum Gasteiger partial charge on any atom is -0.299 e. The molecule has 0 amide bonds. The molecule has 0 radical (unpaired) electrons. The number of nitrogens with zero attached hydrogens (tertiary/aromatic N) is 1. The van der Waals surface area contributed by atoms with Crippen LogP contribution in [0.15, 0.2) is 28.7 Å². The molecule has 88 valence electrons. The summed E-state index contributed by atoms with van der Waals surface area (Å²) in [6, 6.07) is 8.63. The maximum Gasteiger partial charge on any atom is 0.0234 e. The van der Waals surface area contributed by atoms with Crippen molar-refractivity contribution < 1.29 is 0 Å². The Morgan fingerprint density at radius 3 is 3.00 bits per heavy atom. The molecular weight excluding hydrogens is 330 g/mol. The van der Waals surface area contributed by atoms with Crippen LogP contribution < -0.4 is 0 Å². The summed E-state index contributed by atoms with van der Waals surface area (Å²) in [5.41, 5.74) is 1.41. The highest BCUT2D eigenvalue weighted by molar-refractivity contribution is 9.10. The third kappa shape index (κ3) is 3.57. The van der Waals surface area contributed by atoms with Crippen molar-refractivity contribution in [3.05, 3.63) is 34.3 Å². The van der Waals surface area contributed by atoms with Gasteiger partial charge in [0.15, 0.2) is 0 Å². The second-order valence-corrected chi connectivity index (χ2v) is 6.21. The first kappa shape index (κ1) is 12.6. The van der Waals surface area contributed by atoms with E-state index in [0.717, 1.165) is 17.8 Å². The Morgan fingerprint density at radius 2 is 2.25 bits per heavy atom. The molecule has 0 N–H and O–H groups in total. The molecule has 1 unspecified atom stereocenters. The molecule has 1 fully saturated rings. The lowest BCUT2D eigenvalue weighted by molar-refractivity contribution is 0.315. The second kappa shape index (κ2) is 6.18. The Morgan fingerprint density at radius 1 is 1.38 bits per heavy atom. The minimum absolute atomic E-state index is 0.895. The van der Waals surface area contributed by atoms with Crippen LogP contribution in [0.2, 0.25) is 0 Å². The van der Waals surface area contributed by atoms with Gasteiger partial charge >= 0.3 is 0 Å². The van der Waals surface area contributed by atoms with E-state index in [-0.39, 0.29) is 0 Å². The van der Waals surface area contributed by atoms with E-state index in [1.807, 2.05) is 0 Å². The Labute approximate surface area is 114 Å². The Hall–Kier alpha value is 0.140. The average Bonchev–Trinajstić information content (AvgIpc) is 2.66. The van der Waals surface area contributed by atoms with E-state index in [0.29, 0.717) is 0 Å². The van der Waals surface area contributed by atoms with Crippen LogP contribution in [0, 0.1) is 5.92 Å². The molecule has 0 aliphatic carbocycles. The second-order valence-electron chi connectivity index (χ2n) is 4.50. The first-order chi connectivity index (χ1) is 7.78. The van der Waals surface area contributed by atoms with Gasteiger partial charge in [0.25, 0.3) is 0 Å². The topological polar surface area (TPSA) is 3.24 Å². The van der Waals surface area contributed by atoms with Crippen molar-refractivity contribution in [1.29, 1.82) is 0 Å². The quantitative estimate of drug-likeness (QED) is 0.743. The fourth-order valence-electron chi connectivity index (χ4n) is 2.34. The summed E-state index contributed by atoms with van der Waals surface area (Å²) in [5.74, 6) is 0.895. The van der Waals surface area contributed by atoms with Crippen molar-refractivity contribution in [2.45, 2.75) is 19.4 Å². The van der Waals surface area contributed by atoms with E-state index in [2.05, 4.69) is 61.0 Å². The highest BCUT2D eigenvalue weighted by atomic mass is 79.9. The molecule has 0 aromatic heterocycles. The Kier molecular flexibility index (Phi) is 4.86. The highest BCUT2D eigenvalue weighted by Crippen LogP contribution is 2.22. The van der Waals surface area contributed by atoms with E-state index in [1.54, 1.807) is 0 Å². The molecule has 1 heterocycles. The predicted molar refractivity (Wildman–Crippen MR) is 75.9 cm³/mol. The number of hydrogen-bond acceptors (Lipinski definition) is 1. The standard InChI is InChI=1S/C13H17Br2N/c14-6-4-11-5-7-16(9-11)10-12-2-1-3-13(15)8-12/h1-3,8,11H,4-7,9-10H2. The number of hydrogen-bond donors (Lipinski definition) is 0. The van der Waals surface area contributed by atoms with Gasteiger partial charge in [-0.2, -0.15) is 0 Å². The van der Waals surface area contributed by atoms with Gasteiger partial charge in [0.05, 0.1) is 0 Å².